The Kier molecular flexibility index (Phi) is 6.56. The van der Waals surface area contributed by atoms with Crippen LogP contribution in [0.3, 0.4) is 0 Å². The Labute approximate surface area is 121 Å². The minimum atomic E-state index is -1.82. The van der Waals surface area contributed by atoms with Gasteiger partial charge in [0.05, 0.1) is 0 Å². The fourth-order valence-electron chi connectivity index (χ4n) is 1.59. The lowest BCUT2D eigenvalue weighted by atomic mass is 10.0. The number of benzene rings is 1. The fraction of sp³-hybridized carbons (Fsp3) is 0.133. The van der Waals surface area contributed by atoms with Gasteiger partial charge in [-0.25, -0.2) is 9.59 Å². The zero-order chi connectivity index (χ0) is 15.7. The molecule has 21 heavy (non-hydrogen) atoms. The number of aromatic nitrogens is 1. The molecule has 2 aromatic rings. The van der Waals surface area contributed by atoms with E-state index in [1.807, 2.05) is 30.3 Å². The lowest BCUT2D eigenvalue weighted by molar-refractivity contribution is -0.159. The average molecular weight is 288 g/mol. The summed E-state index contributed by atoms with van der Waals surface area (Å²) >= 11 is 0. The van der Waals surface area contributed by atoms with Gasteiger partial charge in [-0.2, -0.15) is 0 Å². The van der Waals surface area contributed by atoms with Crippen molar-refractivity contribution in [2.45, 2.75) is 12.5 Å². The molecular weight excluding hydrogens is 272 g/mol. The van der Waals surface area contributed by atoms with Crippen molar-refractivity contribution in [2.24, 2.45) is 5.73 Å². The molecule has 0 aliphatic rings. The first-order valence-corrected chi connectivity index (χ1v) is 6.16. The number of carbonyl (C=O) groups is 2. The van der Waals surface area contributed by atoms with Crippen molar-refractivity contribution in [1.82, 2.24) is 4.98 Å². The first-order chi connectivity index (χ1) is 10.0. The summed E-state index contributed by atoms with van der Waals surface area (Å²) in [5.74, 6) is -3.65. The number of pyridine rings is 1. The molecule has 6 heteroatoms. The van der Waals surface area contributed by atoms with Gasteiger partial charge in [0.15, 0.2) is 0 Å². The number of carboxylic acids is 2. The molecule has 0 aliphatic heterocycles. The largest absolute Gasteiger partial charge is 0.473 e. The predicted octanol–water partition coefficient (Wildman–Crippen LogP) is 1.48. The topological polar surface area (TPSA) is 114 Å². The summed E-state index contributed by atoms with van der Waals surface area (Å²) < 4.78 is 0. The summed E-state index contributed by atoms with van der Waals surface area (Å²) in [7, 11) is 0. The summed E-state index contributed by atoms with van der Waals surface area (Å²) in [5, 5.41) is 14.8. The van der Waals surface area contributed by atoms with Crippen LogP contribution in [-0.2, 0) is 16.0 Å². The normalized spacial score (nSPS) is 10.9. The van der Waals surface area contributed by atoms with Gasteiger partial charge in [-0.1, -0.05) is 30.3 Å². The average Bonchev–Trinajstić information content (AvgIpc) is 2.49. The van der Waals surface area contributed by atoms with E-state index in [-0.39, 0.29) is 6.04 Å². The smallest absolute Gasteiger partial charge is 0.414 e. The number of rotatable bonds is 3. The maximum absolute atomic E-state index is 9.10. The van der Waals surface area contributed by atoms with Gasteiger partial charge in [0, 0.05) is 18.4 Å². The molecule has 0 radical (unpaired) electrons. The minimum Gasteiger partial charge on any atom is -0.473 e. The highest BCUT2D eigenvalue weighted by atomic mass is 16.4. The zero-order valence-electron chi connectivity index (χ0n) is 11.2. The molecule has 0 fully saturated rings. The Morgan fingerprint density at radius 2 is 1.52 bits per heavy atom. The second-order valence-corrected chi connectivity index (χ2v) is 4.19. The van der Waals surface area contributed by atoms with E-state index in [2.05, 4.69) is 17.1 Å². The van der Waals surface area contributed by atoms with Crippen LogP contribution in [0, 0.1) is 0 Å². The first kappa shape index (κ1) is 16.3. The highest BCUT2D eigenvalue weighted by Gasteiger charge is 2.05. The molecule has 0 bridgehead atoms. The molecule has 4 N–H and O–H groups in total. The van der Waals surface area contributed by atoms with Crippen molar-refractivity contribution >= 4 is 11.9 Å². The van der Waals surface area contributed by atoms with Gasteiger partial charge in [-0.05, 0) is 29.7 Å². The fourth-order valence-corrected chi connectivity index (χ4v) is 1.59. The number of hydrogen-bond acceptors (Lipinski definition) is 4. The van der Waals surface area contributed by atoms with Crippen LogP contribution >= 0.6 is 0 Å². The molecule has 0 saturated heterocycles. The van der Waals surface area contributed by atoms with Gasteiger partial charge < -0.3 is 15.9 Å². The number of nitrogens with two attached hydrogens (primary N) is 1. The molecule has 1 atom stereocenters. The molecule has 0 amide bonds. The first-order valence-electron chi connectivity index (χ1n) is 6.16. The Hall–Kier alpha value is -2.73. The van der Waals surface area contributed by atoms with Gasteiger partial charge in [0.25, 0.3) is 0 Å². The SMILES string of the molecule is NC(Cc1ccncc1)c1ccccc1.O=C(O)C(=O)O. The van der Waals surface area contributed by atoms with Crippen LogP contribution < -0.4 is 5.73 Å². The van der Waals surface area contributed by atoms with Gasteiger partial charge in [0.1, 0.15) is 0 Å². The quantitative estimate of drug-likeness (QED) is 0.737. The van der Waals surface area contributed by atoms with Crippen LogP contribution in [0.5, 0.6) is 0 Å². The van der Waals surface area contributed by atoms with Crippen molar-refractivity contribution in [1.29, 1.82) is 0 Å². The Bertz CT molecular complexity index is 561. The maximum atomic E-state index is 9.10. The van der Waals surface area contributed by atoms with E-state index in [0.717, 1.165) is 6.42 Å². The minimum absolute atomic E-state index is 0.0635. The van der Waals surface area contributed by atoms with Crippen LogP contribution in [0.2, 0.25) is 0 Å². The van der Waals surface area contributed by atoms with Crippen molar-refractivity contribution in [3.63, 3.8) is 0 Å². The number of aliphatic carboxylic acids is 2. The Morgan fingerprint density at radius 1 is 1.00 bits per heavy atom. The van der Waals surface area contributed by atoms with Crippen LogP contribution in [0.25, 0.3) is 0 Å². The van der Waals surface area contributed by atoms with Crippen LogP contribution in [0.1, 0.15) is 17.2 Å². The summed E-state index contributed by atoms with van der Waals surface area (Å²) in [6.07, 6.45) is 4.45. The Morgan fingerprint density at radius 3 is 2.00 bits per heavy atom. The van der Waals surface area contributed by atoms with Crippen LogP contribution in [-0.4, -0.2) is 27.1 Å². The molecule has 1 unspecified atom stereocenters. The number of nitrogens with zero attached hydrogens (tertiary/aromatic N) is 1. The summed E-state index contributed by atoms with van der Waals surface area (Å²) in [5.41, 5.74) is 8.51. The molecular formula is C15H16N2O4. The van der Waals surface area contributed by atoms with E-state index in [4.69, 9.17) is 25.5 Å². The zero-order valence-corrected chi connectivity index (χ0v) is 11.2. The monoisotopic (exact) mass is 288 g/mol. The lowest BCUT2D eigenvalue weighted by Crippen LogP contribution is -2.13. The molecule has 1 aromatic heterocycles. The number of carboxylic acid groups (broad SMARTS) is 2. The molecule has 1 aromatic carbocycles. The van der Waals surface area contributed by atoms with Crippen LogP contribution in [0.4, 0.5) is 0 Å². The summed E-state index contributed by atoms with van der Waals surface area (Å²) in [4.78, 5) is 22.2. The summed E-state index contributed by atoms with van der Waals surface area (Å²) in [6.45, 7) is 0. The molecule has 6 nitrogen and oxygen atoms in total. The van der Waals surface area contributed by atoms with E-state index in [1.54, 1.807) is 12.4 Å². The van der Waals surface area contributed by atoms with Crippen LogP contribution in [0.15, 0.2) is 54.9 Å². The Balaban J connectivity index is 0.000000315. The molecule has 0 spiro atoms. The van der Waals surface area contributed by atoms with Gasteiger partial charge in [-0.3, -0.25) is 4.98 Å². The third-order valence-electron chi connectivity index (χ3n) is 2.62. The van der Waals surface area contributed by atoms with Crippen molar-refractivity contribution < 1.29 is 19.8 Å². The van der Waals surface area contributed by atoms with Crippen molar-refractivity contribution in [3.8, 4) is 0 Å². The molecule has 0 saturated carbocycles. The van der Waals surface area contributed by atoms with E-state index < -0.39 is 11.9 Å². The molecule has 110 valence electrons. The highest BCUT2D eigenvalue weighted by molar-refractivity contribution is 6.27. The summed E-state index contributed by atoms with van der Waals surface area (Å²) in [6, 6.07) is 14.2. The van der Waals surface area contributed by atoms with Crippen molar-refractivity contribution in [3.05, 3.63) is 66.0 Å². The van der Waals surface area contributed by atoms with Crippen molar-refractivity contribution in [2.75, 3.05) is 0 Å². The van der Waals surface area contributed by atoms with Gasteiger partial charge in [0.2, 0.25) is 0 Å². The maximum Gasteiger partial charge on any atom is 0.414 e. The van der Waals surface area contributed by atoms with E-state index in [9.17, 15) is 0 Å². The number of hydrogen-bond donors (Lipinski definition) is 3. The molecule has 0 aliphatic carbocycles. The molecule has 2 rings (SSSR count). The lowest BCUT2D eigenvalue weighted by Gasteiger charge is -2.11. The standard InChI is InChI=1S/C13H14N2.C2H2O4/c14-13(12-4-2-1-3-5-12)10-11-6-8-15-9-7-11;3-1(4)2(5)6/h1-9,13H,10,14H2;(H,3,4)(H,5,6). The van der Waals surface area contributed by atoms with E-state index in [1.165, 1.54) is 11.1 Å². The van der Waals surface area contributed by atoms with E-state index >= 15 is 0 Å². The van der Waals surface area contributed by atoms with Gasteiger partial charge in [-0.15, -0.1) is 0 Å². The second kappa shape index (κ2) is 8.44. The third kappa shape index (κ3) is 6.31. The predicted molar refractivity (Wildman–Crippen MR) is 76.6 cm³/mol. The van der Waals surface area contributed by atoms with E-state index in [0.29, 0.717) is 0 Å². The second-order valence-electron chi connectivity index (χ2n) is 4.19. The van der Waals surface area contributed by atoms with Gasteiger partial charge >= 0.3 is 11.9 Å². The third-order valence-corrected chi connectivity index (χ3v) is 2.62. The highest BCUT2D eigenvalue weighted by Crippen LogP contribution is 2.14. The molecule has 1 heterocycles.